The molecule has 2 saturated heterocycles. The van der Waals surface area contributed by atoms with Crippen LogP contribution in [0.25, 0.3) is 0 Å². The van der Waals surface area contributed by atoms with Gasteiger partial charge in [0, 0.05) is 26.2 Å². The molecule has 2 N–H and O–H groups in total. The molecule has 3 atom stereocenters. The van der Waals surface area contributed by atoms with E-state index in [2.05, 4.69) is 10.6 Å². The molecule has 0 aromatic carbocycles. The van der Waals surface area contributed by atoms with E-state index < -0.39 is 6.04 Å². The predicted molar refractivity (Wildman–Crippen MR) is 72.1 cm³/mol. The van der Waals surface area contributed by atoms with Crippen molar-refractivity contribution in [3.05, 3.63) is 24.2 Å². The van der Waals surface area contributed by atoms with Gasteiger partial charge in [-0.25, -0.2) is 0 Å². The lowest BCUT2D eigenvalue weighted by Crippen LogP contribution is -2.46. The fourth-order valence-electron chi connectivity index (χ4n) is 3.05. The van der Waals surface area contributed by atoms with Gasteiger partial charge in [-0.05, 0) is 30.9 Å². The van der Waals surface area contributed by atoms with Gasteiger partial charge < -0.3 is 20.0 Å². The molecule has 0 bridgehead atoms. The highest BCUT2D eigenvalue weighted by Crippen LogP contribution is 2.26. The summed E-state index contributed by atoms with van der Waals surface area (Å²) >= 11 is 0. The maximum Gasteiger partial charge on any atom is 0.287 e. The van der Waals surface area contributed by atoms with Crippen molar-refractivity contribution in [3.8, 4) is 0 Å². The number of hydrogen-bond acceptors (Lipinski definition) is 4. The molecular weight excluding hydrogens is 258 g/mol. The summed E-state index contributed by atoms with van der Waals surface area (Å²) in [5.74, 6) is 0.988. The second kappa shape index (κ2) is 5.28. The first-order chi connectivity index (χ1) is 9.65. The molecule has 3 rings (SSSR count). The number of fused-ring (bicyclic) bond motifs is 1. The van der Waals surface area contributed by atoms with Crippen LogP contribution in [0.4, 0.5) is 0 Å². The van der Waals surface area contributed by atoms with Gasteiger partial charge in [-0.3, -0.25) is 9.59 Å². The molecule has 2 aliphatic rings. The summed E-state index contributed by atoms with van der Waals surface area (Å²) in [7, 11) is 0. The number of furan rings is 1. The number of likely N-dealkylation sites (tertiary alicyclic amines) is 1. The van der Waals surface area contributed by atoms with Crippen LogP contribution >= 0.6 is 0 Å². The van der Waals surface area contributed by atoms with E-state index in [1.807, 2.05) is 4.90 Å². The third kappa shape index (κ3) is 2.43. The van der Waals surface area contributed by atoms with Crippen LogP contribution in [-0.4, -0.2) is 48.9 Å². The van der Waals surface area contributed by atoms with Crippen LogP contribution in [0.2, 0.25) is 0 Å². The van der Waals surface area contributed by atoms with Crippen molar-refractivity contribution in [1.82, 2.24) is 15.5 Å². The lowest BCUT2D eigenvalue weighted by molar-refractivity contribution is -0.132. The first-order valence-electron chi connectivity index (χ1n) is 6.99. The Balaban J connectivity index is 1.56. The van der Waals surface area contributed by atoms with Crippen molar-refractivity contribution in [2.24, 2.45) is 11.8 Å². The molecule has 2 aliphatic heterocycles. The standard InChI is InChI=1S/C14H19N3O3/c1-9(16-13(18)12-3-2-4-20-12)14(19)17-7-10-5-15-6-11(10)8-17/h2-4,9-11,15H,5-8H2,1H3,(H,16,18)/t9?,10-,11+. The first-order valence-corrected chi connectivity index (χ1v) is 6.99. The first kappa shape index (κ1) is 13.2. The molecule has 0 aliphatic carbocycles. The van der Waals surface area contributed by atoms with E-state index in [0.717, 1.165) is 26.2 Å². The van der Waals surface area contributed by atoms with Crippen molar-refractivity contribution >= 4 is 11.8 Å². The van der Waals surface area contributed by atoms with Gasteiger partial charge in [0.1, 0.15) is 6.04 Å². The fourth-order valence-corrected chi connectivity index (χ4v) is 3.05. The van der Waals surface area contributed by atoms with Crippen molar-refractivity contribution in [3.63, 3.8) is 0 Å². The maximum atomic E-state index is 12.3. The summed E-state index contributed by atoms with van der Waals surface area (Å²) in [6, 6.07) is 2.70. The quantitative estimate of drug-likeness (QED) is 0.820. The van der Waals surface area contributed by atoms with Crippen LogP contribution in [-0.2, 0) is 4.79 Å². The number of carbonyl (C=O) groups is 2. The van der Waals surface area contributed by atoms with Crippen LogP contribution < -0.4 is 10.6 Å². The van der Waals surface area contributed by atoms with Crippen molar-refractivity contribution in [2.45, 2.75) is 13.0 Å². The smallest absolute Gasteiger partial charge is 0.287 e. The molecule has 1 aromatic heterocycles. The number of carbonyl (C=O) groups excluding carboxylic acids is 2. The van der Waals surface area contributed by atoms with E-state index in [1.165, 1.54) is 6.26 Å². The molecule has 2 fully saturated rings. The van der Waals surface area contributed by atoms with Crippen molar-refractivity contribution < 1.29 is 14.0 Å². The second-order valence-electron chi connectivity index (χ2n) is 5.59. The molecule has 0 spiro atoms. The Kier molecular flexibility index (Phi) is 3.48. The third-order valence-electron chi connectivity index (χ3n) is 4.16. The highest BCUT2D eigenvalue weighted by molar-refractivity contribution is 5.95. The van der Waals surface area contributed by atoms with Gasteiger partial charge in [-0.2, -0.15) is 0 Å². The Morgan fingerprint density at radius 3 is 2.70 bits per heavy atom. The normalized spacial score (nSPS) is 26.4. The molecule has 108 valence electrons. The van der Waals surface area contributed by atoms with Crippen molar-refractivity contribution in [1.29, 1.82) is 0 Å². The lowest BCUT2D eigenvalue weighted by atomic mass is 10.0. The molecule has 0 radical (unpaired) electrons. The SMILES string of the molecule is CC(NC(=O)c1ccco1)C(=O)N1C[C@H]2CNC[C@H]2C1. The highest BCUT2D eigenvalue weighted by atomic mass is 16.3. The topological polar surface area (TPSA) is 74.6 Å². The molecule has 0 saturated carbocycles. The molecular formula is C14H19N3O3. The molecule has 1 unspecified atom stereocenters. The number of nitrogens with one attached hydrogen (secondary N) is 2. The summed E-state index contributed by atoms with van der Waals surface area (Å²) in [6.45, 7) is 5.27. The van der Waals surface area contributed by atoms with Crippen molar-refractivity contribution in [2.75, 3.05) is 26.2 Å². The summed E-state index contributed by atoms with van der Waals surface area (Å²) in [4.78, 5) is 26.1. The zero-order valence-electron chi connectivity index (χ0n) is 11.5. The largest absolute Gasteiger partial charge is 0.459 e. The van der Waals surface area contributed by atoms with E-state index in [-0.39, 0.29) is 17.6 Å². The lowest BCUT2D eigenvalue weighted by Gasteiger charge is -2.22. The minimum atomic E-state index is -0.528. The van der Waals surface area contributed by atoms with Crippen LogP contribution in [0.5, 0.6) is 0 Å². The van der Waals surface area contributed by atoms with E-state index in [0.29, 0.717) is 11.8 Å². The Morgan fingerprint density at radius 2 is 2.10 bits per heavy atom. The van der Waals surface area contributed by atoms with Gasteiger partial charge in [0.2, 0.25) is 5.91 Å². The number of rotatable bonds is 3. The average molecular weight is 277 g/mol. The molecule has 20 heavy (non-hydrogen) atoms. The molecule has 6 heteroatoms. The predicted octanol–water partition coefficient (Wildman–Crippen LogP) is 0.0757. The number of amides is 2. The van der Waals surface area contributed by atoms with Gasteiger partial charge in [0.25, 0.3) is 5.91 Å². The van der Waals surface area contributed by atoms with Crippen LogP contribution in [0.3, 0.4) is 0 Å². The molecule has 2 amide bonds. The summed E-state index contributed by atoms with van der Waals surface area (Å²) in [6.07, 6.45) is 1.44. The van der Waals surface area contributed by atoms with Gasteiger partial charge >= 0.3 is 0 Å². The number of hydrogen-bond donors (Lipinski definition) is 2. The van der Waals surface area contributed by atoms with Crippen LogP contribution in [0.15, 0.2) is 22.8 Å². The minimum Gasteiger partial charge on any atom is -0.459 e. The Bertz CT molecular complexity index is 488. The molecule has 1 aromatic rings. The summed E-state index contributed by atoms with van der Waals surface area (Å²) < 4.78 is 5.02. The van der Waals surface area contributed by atoms with Gasteiger partial charge in [0.05, 0.1) is 6.26 Å². The van der Waals surface area contributed by atoms with Gasteiger partial charge in [-0.15, -0.1) is 0 Å². The maximum absolute atomic E-state index is 12.3. The van der Waals surface area contributed by atoms with E-state index in [1.54, 1.807) is 19.1 Å². The summed E-state index contributed by atoms with van der Waals surface area (Å²) in [5, 5.41) is 6.03. The Labute approximate surface area is 117 Å². The monoisotopic (exact) mass is 277 g/mol. The zero-order valence-corrected chi connectivity index (χ0v) is 11.5. The molecule has 6 nitrogen and oxygen atoms in total. The second-order valence-corrected chi connectivity index (χ2v) is 5.59. The Morgan fingerprint density at radius 1 is 1.40 bits per heavy atom. The van der Waals surface area contributed by atoms with E-state index in [9.17, 15) is 9.59 Å². The minimum absolute atomic E-state index is 0.0145. The highest BCUT2D eigenvalue weighted by Gasteiger charge is 2.39. The molecule has 3 heterocycles. The van der Waals surface area contributed by atoms with Crippen LogP contribution in [0, 0.1) is 11.8 Å². The van der Waals surface area contributed by atoms with Crippen LogP contribution in [0.1, 0.15) is 17.5 Å². The average Bonchev–Trinajstić information content (AvgIpc) is 3.13. The third-order valence-corrected chi connectivity index (χ3v) is 4.16. The zero-order chi connectivity index (χ0) is 14.1. The number of nitrogens with zero attached hydrogens (tertiary/aromatic N) is 1. The van der Waals surface area contributed by atoms with Gasteiger partial charge in [0.15, 0.2) is 5.76 Å². The Hall–Kier alpha value is -1.82. The van der Waals surface area contributed by atoms with E-state index >= 15 is 0 Å². The summed E-state index contributed by atoms with van der Waals surface area (Å²) in [5.41, 5.74) is 0. The fraction of sp³-hybridized carbons (Fsp3) is 0.571. The van der Waals surface area contributed by atoms with Gasteiger partial charge in [-0.1, -0.05) is 0 Å². The van der Waals surface area contributed by atoms with E-state index in [4.69, 9.17) is 4.42 Å².